The summed E-state index contributed by atoms with van der Waals surface area (Å²) in [6.07, 6.45) is 17.3. The van der Waals surface area contributed by atoms with Gasteiger partial charge in [-0.3, -0.25) is 4.79 Å². The number of carboxylic acids is 1. The fraction of sp³-hybridized carbons (Fsp3) is 0.484. The maximum Gasteiger partial charge on any atom is 0.335 e. The highest BCUT2D eigenvalue weighted by atomic mass is 16.4. The minimum atomic E-state index is -0.987. The highest BCUT2D eigenvalue weighted by Crippen LogP contribution is 2.25. The molecule has 2 N–H and O–H groups in total. The molecule has 0 aliphatic heterocycles. The number of carbonyl (C=O) groups excluding carboxylic acids is 1. The number of aromatic nitrogens is 2. The van der Waals surface area contributed by atoms with Gasteiger partial charge in [-0.05, 0) is 55.0 Å². The number of carboxylic acid groups (broad SMARTS) is 1. The summed E-state index contributed by atoms with van der Waals surface area (Å²) < 4.78 is 5.75. The number of nitrogens with one attached hydrogen (secondary N) is 1. The lowest BCUT2D eigenvalue weighted by molar-refractivity contribution is -0.116. The molecule has 0 saturated heterocycles. The van der Waals surface area contributed by atoms with Gasteiger partial charge in [0.25, 0.3) is 0 Å². The van der Waals surface area contributed by atoms with Crippen molar-refractivity contribution >= 4 is 17.6 Å². The first-order chi connectivity index (χ1) is 18.6. The average molecular weight is 520 g/mol. The standard InChI is InChI=1S/C31H41N3O4/c1-2-3-4-5-6-7-8-9-10-11-12-13-14-15-28(35)32-27-22-20-25(21-23-27)30-34-33-29(38-30)24-16-18-26(19-17-24)31(36)37/h16-23H,2-15H2,1H3,(H,32,35)(H,36,37). The predicted molar refractivity (Wildman–Crippen MR) is 151 cm³/mol. The largest absolute Gasteiger partial charge is 0.478 e. The number of anilines is 1. The van der Waals surface area contributed by atoms with Gasteiger partial charge in [0.2, 0.25) is 17.7 Å². The summed E-state index contributed by atoms with van der Waals surface area (Å²) in [7, 11) is 0. The molecule has 3 rings (SSSR count). The van der Waals surface area contributed by atoms with E-state index in [9.17, 15) is 9.59 Å². The van der Waals surface area contributed by atoms with E-state index in [4.69, 9.17) is 9.52 Å². The minimum absolute atomic E-state index is 0.0331. The highest BCUT2D eigenvalue weighted by Gasteiger charge is 2.12. The molecule has 0 spiro atoms. The SMILES string of the molecule is CCCCCCCCCCCCCCCC(=O)Nc1ccc(-c2nnc(-c3ccc(C(=O)O)cc3)o2)cc1. The van der Waals surface area contributed by atoms with E-state index in [2.05, 4.69) is 22.4 Å². The van der Waals surface area contributed by atoms with Gasteiger partial charge in [0, 0.05) is 23.2 Å². The molecule has 0 radical (unpaired) electrons. The molecular formula is C31H41N3O4. The topological polar surface area (TPSA) is 105 Å². The van der Waals surface area contributed by atoms with Crippen molar-refractivity contribution in [2.75, 3.05) is 5.32 Å². The van der Waals surface area contributed by atoms with E-state index in [1.807, 2.05) is 24.3 Å². The van der Waals surface area contributed by atoms with Crippen LogP contribution in [0, 0.1) is 0 Å². The Morgan fingerprint density at radius 1 is 0.684 bits per heavy atom. The monoisotopic (exact) mass is 519 g/mol. The lowest BCUT2D eigenvalue weighted by atomic mass is 10.0. The van der Waals surface area contributed by atoms with E-state index in [1.165, 1.54) is 82.8 Å². The van der Waals surface area contributed by atoms with E-state index < -0.39 is 5.97 Å². The molecule has 7 heteroatoms. The van der Waals surface area contributed by atoms with Gasteiger partial charge in [0.1, 0.15) is 0 Å². The van der Waals surface area contributed by atoms with Crippen molar-refractivity contribution in [1.82, 2.24) is 10.2 Å². The summed E-state index contributed by atoms with van der Waals surface area (Å²) in [6.45, 7) is 2.26. The van der Waals surface area contributed by atoms with Crippen molar-refractivity contribution in [2.24, 2.45) is 0 Å². The Kier molecular flexibility index (Phi) is 12.5. The Balaban J connectivity index is 1.30. The van der Waals surface area contributed by atoms with Crippen LogP contribution in [0.1, 0.15) is 107 Å². The summed E-state index contributed by atoms with van der Waals surface area (Å²) in [4.78, 5) is 23.3. The molecule has 1 aromatic heterocycles. The van der Waals surface area contributed by atoms with Crippen molar-refractivity contribution in [3.05, 3.63) is 54.1 Å². The molecule has 7 nitrogen and oxygen atoms in total. The molecule has 0 fully saturated rings. The maximum absolute atomic E-state index is 12.3. The Labute approximate surface area is 226 Å². The molecule has 204 valence electrons. The second-order valence-electron chi connectivity index (χ2n) is 9.91. The molecule has 0 aliphatic carbocycles. The molecule has 0 bridgehead atoms. The number of nitrogens with zero attached hydrogens (tertiary/aromatic N) is 2. The molecule has 0 unspecified atom stereocenters. The van der Waals surface area contributed by atoms with E-state index in [0.717, 1.165) is 24.1 Å². The van der Waals surface area contributed by atoms with Crippen LogP contribution in [0.5, 0.6) is 0 Å². The second kappa shape index (κ2) is 16.4. The number of rotatable bonds is 18. The Hall–Kier alpha value is -3.48. The number of aromatic carboxylic acids is 1. The molecule has 2 aromatic carbocycles. The smallest absolute Gasteiger partial charge is 0.335 e. The zero-order valence-electron chi connectivity index (χ0n) is 22.6. The van der Waals surface area contributed by atoms with Crippen molar-refractivity contribution in [2.45, 2.75) is 96.8 Å². The zero-order chi connectivity index (χ0) is 27.0. The van der Waals surface area contributed by atoms with Crippen molar-refractivity contribution in [3.8, 4) is 22.9 Å². The first-order valence-electron chi connectivity index (χ1n) is 14.1. The quantitative estimate of drug-likeness (QED) is 0.163. The van der Waals surface area contributed by atoms with Crippen molar-refractivity contribution in [1.29, 1.82) is 0 Å². The maximum atomic E-state index is 12.3. The van der Waals surface area contributed by atoms with E-state index in [0.29, 0.717) is 23.8 Å². The Morgan fingerprint density at radius 2 is 1.13 bits per heavy atom. The van der Waals surface area contributed by atoms with E-state index in [-0.39, 0.29) is 11.5 Å². The van der Waals surface area contributed by atoms with Crippen LogP contribution in [0.3, 0.4) is 0 Å². The van der Waals surface area contributed by atoms with Gasteiger partial charge in [-0.2, -0.15) is 0 Å². The van der Waals surface area contributed by atoms with Gasteiger partial charge >= 0.3 is 5.97 Å². The van der Waals surface area contributed by atoms with Gasteiger partial charge < -0.3 is 14.8 Å². The zero-order valence-corrected chi connectivity index (χ0v) is 22.6. The number of carbonyl (C=O) groups is 2. The summed E-state index contributed by atoms with van der Waals surface area (Å²) in [5, 5.41) is 20.1. The third-order valence-corrected chi connectivity index (χ3v) is 6.73. The minimum Gasteiger partial charge on any atom is -0.478 e. The third-order valence-electron chi connectivity index (χ3n) is 6.73. The Morgan fingerprint density at radius 3 is 1.61 bits per heavy atom. The van der Waals surface area contributed by atoms with Crippen LogP contribution in [-0.2, 0) is 4.79 Å². The normalized spacial score (nSPS) is 11.0. The van der Waals surface area contributed by atoms with Gasteiger partial charge in [0.05, 0.1) is 5.56 Å². The average Bonchev–Trinajstić information content (AvgIpc) is 3.42. The first kappa shape index (κ1) is 29.1. The molecule has 0 saturated carbocycles. The van der Waals surface area contributed by atoms with Crippen LogP contribution >= 0.6 is 0 Å². The third kappa shape index (κ3) is 10.1. The molecule has 0 atom stereocenters. The molecule has 0 aliphatic rings. The summed E-state index contributed by atoms with van der Waals surface area (Å²) in [5.74, 6) is -0.288. The lowest BCUT2D eigenvalue weighted by Gasteiger charge is -2.06. The number of amides is 1. The highest BCUT2D eigenvalue weighted by molar-refractivity contribution is 5.91. The molecule has 1 heterocycles. The molecule has 1 amide bonds. The van der Waals surface area contributed by atoms with E-state index in [1.54, 1.807) is 12.1 Å². The van der Waals surface area contributed by atoms with Crippen LogP contribution in [0.2, 0.25) is 0 Å². The predicted octanol–water partition coefficient (Wildman–Crippen LogP) is 8.52. The van der Waals surface area contributed by atoms with Gasteiger partial charge in [0.15, 0.2) is 0 Å². The molecule has 3 aromatic rings. The van der Waals surface area contributed by atoms with Crippen LogP contribution in [-0.4, -0.2) is 27.2 Å². The summed E-state index contributed by atoms with van der Waals surface area (Å²) in [6, 6.07) is 13.6. The Bertz CT molecular complexity index is 1110. The summed E-state index contributed by atoms with van der Waals surface area (Å²) in [5.41, 5.74) is 2.31. The van der Waals surface area contributed by atoms with Crippen LogP contribution in [0.25, 0.3) is 22.9 Å². The number of hydrogen-bond acceptors (Lipinski definition) is 5. The number of benzene rings is 2. The van der Waals surface area contributed by atoms with Gasteiger partial charge in [-0.25, -0.2) is 4.79 Å². The summed E-state index contributed by atoms with van der Waals surface area (Å²) >= 11 is 0. The van der Waals surface area contributed by atoms with Gasteiger partial charge in [-0.1, -0.05) is 84.0 Å². The number of unbranched alkanes of at least 4 members (excludes halogenated alkanes) is 12. The number of hydrogen-bond donors (Lipinski definition) is 2. The van der Waals surface area contributed by atoms with E-state index >= 15 is 0 Å². The molecular weight excluding hydrogens is 478 g/mol. The van der Waals surface area contributed by atoms with Crippen LogP contribution in [0.15, 0.2) is 52.9 Å². The molecule has 38 heavy (non-hydrogen) atoms. The van der Waals surface area contributed by atoms with Gasteiger partial charge in [-0.15, -0.1) is 10.2 Å². The van der Waals surface area contributed by atoms with Crippen molar-refractivity contribution in [3.63, 3.8) is 0 Å². The van der Waals surface area contributed by atoms with Crippen LogP contribution in [0.4, 0.5) is 5.69 Å². The van der Waals surface area contributed by atoms with Crippen molar-refractivity contribution < 1.29 is 19.1 Å². The second-order valence-corrected chi connectivity index (χ2v) is 9.91. The fourth-order valence-corrected chi connectivity index (χ4v) is 4.43. The lowest BCUT2D eigenvalue weighted by Crippen LogP contribution is -2.10. The first-order valence-corrected chi connectivity index (χ1v) is 14.1. The van der Waals surface area contributed by atoms with Crippen LogP contribution < -0.4 is 5.32 Å². The fourth-order valence-electron chi connectivity index (χ4n) is 4.43.